The Morgan fingerprint density at radius 3 is 1.62 bits per heavy atom. The van der Waals surface area contributed by atoms with Gasteiger partial charge >= 0.3 is 15.2 Å². The first-order chi connectivity index (χ1) is 15.3. The van der Waals surface area contributed by atoms with E-state index in [9.17, 15) is 14.2 Å². The van der Waals surface area contributed by atoms with Crippen LogP contribution in [0.3, 0.4) is 0 Å². The molecule has 10 nitrogen and oxygen atoms in total. The fourth-order valence-corrected chi connectivity index (χ4v) is 7.86. The highest BCUT2D eigenvalue weighted by molar-refractivity contribution is 7.73. The molecule has 12 heteroatoms. The minimum absolute atomic E-state index is 0.216. The fraction of sp³-hybridized carbons (Fsp3) is 0.500. The third-order valence-electron chi connectivity index (χ3n) is 5.05. The van der Waals surface area contributed by atoms with Gasteiger partial charge in [0.1, 0.15) is 0 Å². The molecule has 2 rings (SSSR count). The smallest absolute Gasteiger partial charge is 0.368 e. The zero-order chi connectivity index (χ0) is 23.7. The van der Waals surface area contributed by atoms with E-state index in [1.54, 1.807) is 12.4 Å². The van der Waals surface area contributed by atoms with E-state index < -0.39 is 20.3 Å². The Kier molecular flexibility index (Phi) is 10.1. The number of aliphatic hydroxyl groups is 1. The monoisotopic (exact) mass is 487 g/mol. The molecular weight excluding hydrogens is 456 g/mol. The lowest BCUT2D eigenvalue weighted by atomic mass is 10.2. The van der Waals surface area contributed by atoms with Crippen molar-refractivity contribution in [3.63, 3.8) is 0 Å². The summed E-state index contributed by atoms with van der Waals surface area (Å²) in [5.74, 6) is 0. The van der Waals surface area contributed by atoms with Crippen molar-refractivity contribution in [2.75, 3.05) is 35.0 Å². The van der Waals surface area contributed by atoms with Crippen LogP contribution in [0.15, 0.2) is 48.8 Å². The van der Waals surface area contributed by atoms with Crippen molar-refractivity contribution in [1.82, 2.24) is 14.9 Å². The first-order valence-corrected chi connectivity index (χ1v) is 13.0. The normalized spacial score (nSPS) is 12.9. The van der Waals surface area contributed by atoms with Gasteiger partial charge in [0.2, 0.25) is 0 Å². The Labute approximate surface area is 189 Å². The fourth-order valence-electron chi connectivity index (χ4n) is 3.35. The van der Waals surface area contributed by atoms with Crippen molar-refractivity contribution in [3.05, 3.63) is 60.2 Å². The van der Waals surface area contributed by atoms with E-state index in [1.165, 1.54) is 0 Å². The highest BCUT2D eigenvalue weighted by atomic mass is 31.2. The molecule has 0 unspecified atom stereocenters. The van der Waals surface area contributed by atoms with Gasteiger partial charge in [-0.05, 0) is 37.2 Å². The molecule has 0 aliphatic carbocycles. The average molecular weight is 487 g/mol. The SMILES string of the molecule is COP(=O)(OC)C(O)(CCCN(Cc1ccccn1)Cc1ccccn1)P(=O)(OC)OC. The third kappa shape index (κ3) is 6.10. The Morgan fingerprint density at radius 1 is 0.844 bits per heavy atom. The van der Waals surface area contributed by atoms with Gasteiger partial charge in [-0.3, -0.25) is 24.0 Å². The van der Waals surface area contributed by atoms with E-state index in [2.05, 4.69) is 14.9 Å². The van der Waals surface area contributed by atoms with Crippen LogP contribution in [0, 0.1) is 0 Å². The molecular formula is C20H31N3O7P2. The number of aromatic nitrogens is 2. The van der Waals surface area contributed by atoms with Crippen LogP contribution >= 0.6 is 15.2 Å². The molecule has 0 saturated heterocycles. The highest BCUT2D eigenvalue weighted by Crippen LogP contribution is 2.77. The van der Waals surface area contributed by atoms with Crippen LogP contribution in [0.25, 0.3) is 0 Å². The van der Waals surface area contributed by atoms with Crippen LogP contribution in [0.4, 0.5) is 0 Å². The predicted molar refractivity (Wildman–Crippen MR) is 120 cm³/mol. The molecule has 0 amide bonds. The molecule has 2 aromatic heterocycles. The van der Waals surface area contributed by atoms with Gasteiger partial charge in [0.25, 0.3) is 5.08 Å². The van der Waals surface area contributed by atoms with E-state index in [4.69, 9.17) is 18.1 Å². The third-order valence-corrected chi connectivity index (χ3v) is 10.6. The topological polar surface area (TPSA) is 120 Å². The zero-order valence-corrected chi connectivity index (χ0v) is 20.6. The second-order valence-corrected chi connectivity index (χ2v) is 12.2. The van der Waals surface area contributed by atoms with E-state index in [0.29, 0.717) is 19.6 Å². The minimum Gasteiger partial charge on any atom is -0.368 e. The molecule has 0 aromatic carbocycles. The van der Waals surface area contributed by atoms with E-state index in [1.807, 2.05) is 36.4 Å². The highest BCUT2D eigenvalue weighted by Gasteiger charge is 2.63. The Morgan fingerprint density at radius 2 is 1.28 bits per heavy atom. The summed E-state index contributed by atoms with van der Waals surface area (Å²) in [6.07, 6.45) is 3.50. The maximum Gasteiger partial charge on any atom is 0.374 e. The molecule has 0 saturated carbocycles. The molecule has 178 valence electrons. The molecule has 0 aliphatic rings. The number of hydrogen-bond donors (Lipinski definition) is 1. The summed E-state index contributed by atoms with van der Waals surface area (Å²) in [5, 5.41) is 8.79. The Bertz CT molecular complexity index is 834. The summed E-state index contributed by atoms with van der Waals surface area (Å²) < 4.78 is 46.1. The predicted octanol–water partition coefficient (Wildman–Crippen LogP) is 3.88. The van der Waals surface area contributed by atoms with Gasteiger partial charge in [-0.1, -0.05) is 12.1 Å². The summed E-state index contributed by atoms with van der Waals surface area (Å²) >= 11 is 0. The first kappa shape index (κ1) is 26.8. The number of rotatable bonds is 14. The molecule has 0 radical (unpaired) electrons. The van der Waals surface area contributed by atoms with Crippen LogP contribution < -0.4 is 0 Å². The minimum atomic E-state index is -4.25. The van der Waals surface area contributed by atoms with Gasteiger partial charge in [-0.15, -0.1) is 0 Å². The van der Waals surface area contributed by atoms with Crippen LogP contribution in [-0.2, 0) is 40.3 Å². The molecule has 0 fully saturated rings. The van der Waals surface area contributed by atoms with Gasteiger partial charge in [0, 0.05) is 60.3 Å². The summed E-state index contributed by atoms with van der Waals surface area (Å²) in [4.78, 5) is 10.8. The molecule has 1 N–H and O–H groups in total. The van der Waals surface area contributed by atoms with Gasteiger partial charge in [-0.2, -0.15) is 0 Å². The van der Waals surface area contributed by atoms with Gasteiger partial charge < -0.3 is 23.2 Å². The van der Waals surface area contributed by atoms with Crippen LogP contribution in [-0.4, -0.2) is 60.0 Å². The molecule has 2 heterocycles. The molecule has 2 aromatic rings. The summed E-state index contributed by atoms with van der Waals surface area (Å²) in [7, 11) is -4.06. The van der Waals surface area contributed by atoms with Crippen molar-refractivity contribution >= 4 is 15.2 Å². The zero-order valence-electron chi connectivity index (χ0n) is 18.8. The van der Waals surface area contributed by atoms with E-state index >= 15 is 0 Å². The van der Waals surface area contributed by atoms with Crippen molar-refractivity contribution < 1.29 is 32.3 Å². The van der Waals surface area contributed by atoms with Gasteiger partial charge in [-0.25, -0.2) is 0 Å². The molecule has 32 heavy (non-hydrogen) atoms. The standard InChI is InChI=1S/C20H31N3O7P2/c1-27-31(25,28-2)20(24,32(26,29-3)30-4)12-9-15-23(16-18-10-5-7-13-21-18)17-19-11-6-8-14-22-19/h5-8,10-11,13-14,24H,9,12,15-17H2,1-4H3. The largest absolute Gasteiger partial charge is 0.374 e. The van der Waals surface area contributed by atoms with Crippen molar-refractivity contribution in [3.8, 4) is 0 Å². The quantitative estimate of drug-likeness (QED) is 0.393. The molecule has 0 atom stereocenters. The Hall–Kier alpha value is -1.48. The van der Waals surface area contributed by atoms with Crippen LogP contribution in [0.1, 0.15) is 24.2 Å². The molecule has 0 bridgehead atoms. The van der Waals surface area contributed by atoms with Crippen molar-refractivity contribution in [2.24, 2.45) is 0 Å². The van der Waals surface area contributed by atoms with Gasteiger partial charge in [0.05, 0.1) is 11.4 Å². The first-order valence-electron chi connectivity index (χ1n) is 9.95. The van der Waals surface area contributed by atoms with Crippen molar-refractivity contribution in [2.45, 2.75) is 31.0 Å². The van der Waals surface area contributed by atoms with Crippen LogP contribution in [0.5, 0.6) is 0 Å². The second-order valence-electron chi connectivity index (χ2n) is 6.96. The molecule has 0 spiro atoms. The van der Waals surface area contributed by atoms with E-state index in [0.717, 1.165) is 39.8 Å². The Balaban J connectivity index is 2.23. The summed E-state index contributed by atoms with van der Waals surface area (Å²) in [5.41, 5.74) is 1.72. The number of pyridine rings is 2. The summed E-state index contributed by atoms with van der Waals surface area (Å²) in [6.45, 7) is 1.48. The lowest BCUT2D eigenvalue weighted by Gasteiger charge is -2.36. The number of nitrogens with zero attached hydrogens (tertiary/aromatic N) is 3. The average Bonchev–Trinajstić information content (AvgIpc) is 2.83. The molecule has 0 aliphatic heterocycles. The van der Waals surface area contributed by atoms with Gasteiger partial charge in [0.15, 0.2) is 0 Å². The lowest BCUT2D eigenvalue weighted by Crippen LogP contribution is -2.33. The maximum atomic E-state index is 13.1. The second kappa shape index (κ2) is 12.1. The lowest BCUT2D eigenvalue weighted by molar-refractivity contribution is 0.0916. The van der Waals surface area contributed by atoms with Crippen LogP contribution in [0.2, 0.25) is 0 Å². The van der Waals surface area contributed by atoms with Crippen molar-refractivity contribution in [1.29, 1.82) is 0 Å². The summed E-state index contributed by atoms with van der Waals surface area (Å²) in [6, 6.07) is 11.3. The number of hydrogen-bond acceptors (Lipinski definition) is 10. The van der Waals surface area contributed by atoms with E-state index in [-0.39, 0.29) is 12.8 Å². The maximum absolute atomic E-state index is 13.1.